The van der Waals surface area contributed by atoms with Gasteiger partial charge in [0.15, 0.2) is 0 Å². The number of rotatable bonds is 13. The molecular weight excluding hydrogens is 995 g/mol. The maximum absolute atomic E-state index is 14.7. The third-order valence-corrected chi connectivity index (χ3v) is 14.6. The number of esters is 1. The van der Waals surface area contributed by atoms with Gasteiger partial charge < -0.3 is 24.3 Å². The van der Waals surface area contributed by atoms with Gasteiger partial charge in [0, 0.05) is 79.2 Å². The Morgan fingerprint density at radius 1 is 1.07 bits per heavy atom. The minimum absolute atomic E-state index is 0. The number of fused-ring (bicyclic) bond motifs is 6. The molecule has 4 aromatic rings. The summed E-state index contributed by atoms with van der Waals surface area (Å²) in [5.41, 5.74) is 9.56. The number of pyridine rings is 1. The number of hydrogen-bond acceptors (Lipinski definition) is 12. The Morgan fingerprint density at radius 2 is 1.79 bits per heavy atom. The maximum Gasteiger partial charge on any atom is 0.324 e. The molecule has 71 heavy (non-hydrogen) atoms. The van der Waals surface area contributed by atoms with Gasteiger partial charge in [-0.1, -0.05) is 40.3 Å². The van der Waals surface area contributed by atoms with E-state index in [1.165, 1.54) is 22.4 Å². The number of ether oxygens (including phenoxy) is 2. The Kier molecular flexibility index (Phi) is 23.5. The fraction of sp³-hybridized carbons (Fsp3) is 0.569. The summed E-state index contributed by atoms with van der Waals surface area (Å²) in [7, 11) is 5.48. The second-order valence-electron chi connectivity index (χ2n) is 19.8. The van der Waals surface area contributed by atoms with Crippen molar-refractivity contribution in [2.24, 2.45) is 17.3 Å². The average Bonchev–Trinajstić information content (AvgIpc) is 3.91. The van der Waals surface area contributed by atoms with E-state index in [2.05, 4.69) is 76.7 Å². The second kappa shape index (κ2) is 27.1. The number of likely N-dealkylation sites (N-methyl/N-ethyl adjacent to an activating group) is 2. The molecule has 3 aliphatic heterocycles. The first-order valence-corrected chi connectivity index (χ1v) is 24.8. The summed E-state index contributed by atoms with van der Waals surface area (Å²) in [6.07, 6.45) is 6.69. The minimum atomic E-state index is -0.953. The molecule has 15 nitrogen and oxygen atoms in total. The van der Waals surface area contributed by atoms with Crippen LogP contribution in [0.1, 0.15) is 89.6 Å². The number of methoxy groups -OCH3 is 1. The molecule has 0 unspecified atom stereocenters. The largest absolute Gasteiger partial charge is 0.464 e. The van der Waals surface area contributed by atoms with Gasteiger partial charge in [0.25, 0.3) is 5.91 Å². The molecule has 3 aliphatic rings. The van der Waals surface area contributed by atoms with Crippen molar-refractivity contribution in [2.75, 3.05) is 60.7 Å². The number of likely N-dealkylation sites (tertiary alicyclic amines) is 1. The van der Waals surface area contributed by atoms with Crippen LogP contribution in [-0.2, 0) is 48.0 Å². The number of aryl methyl sites for hydroxylation is 1. The molecule has 0 spiro atoms. The molecule has 394 valence electrons. The Bertz CT molecular complexity index is 2440. The third-order valence-electron chi connectivity index (χ3n) is 13.7. The number of hydrazine groups is 1. The Hall–Kier alpha value is -3.60. The van der Waals surface area contributed by atoms with Crippen molar-refractivity contribution >= 4 is 99.9 Å². The Morgan fingerprint density at radius 3 is 2.45 bits per heavy atom. The number of nitrogens with zero attached hydrogens (tertiary/aromatic N) is 7. The summed E-state index contributed by atoms with van der Waals surface area (Å²) in [6.45, 7) is 20.3. The highest BCUT2D eigenvalue weighted by molar-refractivity contribution is 7.59. The number of aromatic nitrogens is 3. The molecule has 0 radical (unpaired) electrons. The number of hydrogen-bond donors (Lipinski definition) is 2. The lowest BCUT2D eigenvalue weighted by Gasteiger charge is -2.39. The Labute approximate surface area is 453 Å². The number of nitrogens with one attached hydrogen (secondary N) is 2. The summed E-state index contributed by atoms with van der Waals surface area (Å²) in [5, 5.41) is 8.49. The van der Waals surface area contributed by atoms with E-state index >= 15 is 0 Å². The smallest absolute Gasteiger partial charge is 0.324 e. The highest BCUT2D eigenvalue weighted by Gasteiger charge is 2.38. The third kappa shape index (κ3) is 14.4. The molecule has 2 saturated heterocycles. The van der Waals surface area contributed by atoms with Gasteiger partial charge in [-0.2, -0.15) is 54.0 Å². The summed E-state index contributed by atoms with van der Waals surface area (Å²) in [5.74, 6) is -0.710. The Balaban J connectivity index is 0.00000333. The van der Waals surface area contributed by atoms with E-state index in [9.17, 15) is 19.2 Å². The summed E-state index contributed by atoms with van der Waals surface area (Å²) < 4.78 is 14.3. The molecule has 3 amide bonds. The number of thiazole rings is 1. The average molecular weight is 1070 g/mol. The highest BCUT2D eigenvalue weighted by atomic mass is 32.1. The van der Waals surface area contributed by atoms with Gasteiger partial charge in [0.1, 0.15) is 12.1 Å². The van der Waals surface area contributed by atoms with Gasteiger partial charge in [0.2, 0.25) is 11.8 Å². The number of benzene rings is 1. The molecule has 0 aliphatic carbocycles. The quantitative estimate of drug-likeness (QED) is 0.106. The summed E-state index contributed by atoms with van der Waals surface area (Å²) in [6, 6.07) is 8.33. The number of carbonyl (C=O) groups is 4. The fourth-order valence-electron chi connectivity index (χ4n) is 10.2. The number of amides is 3. The van der Waals surface area contributed by atoms with Crippen LogP contribution in [0.3, 0.4) is 0 Å². The van der Waals surface area contributed by atoms with Crippen molar-refractivity contribution in [1.29, 1.82) is 0 Å². The highest BCUT2D eigenvalue weighted by Crippen LogP contribution is 2.42. The molecule has 2 N–H and O–H groups in total. The first-order valence-electron chi connectivity index (χ1n) is 23.9. The molecule has 1 aromatic carbocycles. The van der Waals surface area contributed by atoms with Crippen LogP contribution < -0.4 is 10.7 Å². The zero-order valence-electron chi connectivity index (χ0n) is 43.0. The monoisotopic (exact) mass is 1070 g/mol. The van der Waals surface area contributed by atoms with Gasteiger partial charge >= 0.3 is 5.97 Å². The van der Waals surface area contributed by atoms with E-state index in [0.717, 1.165) is 70.6 Å². The lowest BCUT2D eigenvalue weighted by molar-refractivity contribution is -0.155. The van der Waals surface area contributed by atoms with Gasteiger partial charge in [-0.05, 0) is 114 Å². The van der Waals surface area contributed by atoms with Crippen molar-refractivity contribution in [3.8, 4) is 22.5 Å². The zero-order chi connectivity index (χ0) is 48.2. The number of carbonyl (C=O) groups excluding carboxylic acids is 4. The zero-order valence-corrected chi connectivity index (χ0v) is 47.8. The number of piperidine rings is 1. The van der Waals surface area contributed by atoms with E-state index in [1.807, 2.05) is 46.3 Å². The molecule has 6 bridgehead atoms. The molecule has 2 fully saturated rings. The minimum Gasteiger partial charge on any atom is -0.464 e. The van der Waals surface area contributed by atoms with E-state index in [-0.39, 0.29) is 96.8 Å². The molecule has 4 atom stereocenters. The molecule has 7 rings (SSSR count). The molecular formula is C51H79N9O6S5. The summed E-state index contributed by atoms with van der Waals surface area (Å²) >= 11 is 1.47. The van der Waals surface area contributed by atoms with Crippen LogP contribution in [0.5, 0.6) is 0 Å². The predicted octanol–water partition coefficient (Wildman–Crippen LogP) is 6.92. The molecule has 20 heteroatoms. The van der Waals surface area contributed by atoms with Crippen molar-refractivity contribution < 1.29 is 28.7 Å². The summed E-state index contributed by atoms with van der Waals surface area (Å²) in [4.78, 5) is 71.3. The molecule has 0 saturated carbocycles. The van der Waals surface area contributed by atoms with Crippen molar-refractivity contribution in [2.45, 2.75) is 111 Å². The van der Waals surface area contributed by atoms with Crippen molar-refractivity contribution in [3.63, 3.8) is 0 Å². The van der Waals surface area contributed by atoms with E-state index in [4.69, 9.17) is 19.4 Å². The van der Waals surface area contributed by atoms with Gasteiger partial charge in [0.05, 0.1) is 47.5 Å². The van der Waals surface area contributed by atoms with Crippen molar-refractivity contribution in [3.05, 3.63) is 70.8 Å². The predicted molar refractivity (Wildman–Crippen MR) is 304 cm³/mol. The van der Waals surface area contributed by atoms with E-state index in [1.54, 1.807) is 18.2 Å². The SMILES string of the molecule is C=CC(=O)N(C)CC1CCN(CN(C)[C@H](C(=O)N[C@H]2Cc3nc(cs3)-c3ccc4c(c3)c(c(-c3cccnc3[C@H](C)OC)n4CC)CC(C)(C)COC(=O)[C@@H]3CCCN(N3)C2=O)C(C)C)CC1.S.S.S.S. The van der Waals surface area contributed by atoms with Crippen LogP contribution in [0.4, 0.5) is 0 Å². The van der Waals surface area contributed by atoms with Crippen LogP contribution >= 0.6 is 65.3 Å². The topological polar surface area (TPSA) is 154 Å². The van der Waals surface area contributed by atoms with Crippen molar-refractivity contribution in [1.82, 2.24) is 45.0 Å². The standard InChI is InChI=1S/C51H71N9O6S.4H2S/c1-11-44(61)56(8)28-34-19-23-58(24-20-34)31-57(9)46(32(3)4)48(62)54-40-26-43-53-41(29-67-43)35-17-18-42-37(25-35)38(47(59(42)12-2)36-15-13-21-52-45(36)33(5)65-10)27-51(6,7)30-66-50(64)39-16-14-22-60(55-39)49(40)63;;;;/h11,13,15,17-18,21,25,29,32-34,39-40,46,55H,1,12,14,16,19-20,22-24,26-28,30-31H2,2-10H3,(H,54,62);4*1H2/t33-,39-,40-,46-;;;;/m0..../s1. The van der Waals surface area contributed by atoms with E-state index < -0.39 is 29.5 Å². The number of cyclic esters (lactones) is 1. The first kappa shape index (κ1) is 61.7. The van der Waals surface area contributed by atoms with Gasteiger partial charge in [-0.3, -0.25) is 39.0 Å². The van der Waals surface area contributed by atoms with Crippen LogP contribution in [0.15, 0.2) is 54.6 Å². The van der Waals surface area contributed by atoms with Crippen LogP contribution in [-0.4, -0.2) is 137 Å². The van der Waals surface area contributed by atoms with Crippen LogP contribution in [0.25, 0.3) is 33.4 Å². The normalized spacial score (nSPS) is 19.5. The lowest BCUT2D eigenvalue weighted by atomic mass is 9.84. The molecule has 6 heterocycles. The van der Waals surface area contributed by atoms with E-state index in [0.29, 0.717) is 56.5 Å². The first-order chi connectivity index (χ1) is 32.0. The van der Waals surface area contributed by atoms with Gasteiger partial charge in [-0.25, -0.2) is 10.4 Å². The molecule has 3 aromatic heterocycles. The lowest BCUT2D eigenvalue weighted by Crippen LogP contribution is -2.62. The van der Waals surface area contributed by atoms with Gasteiger partial charge in [-0.15, -0.1) is 11.3 Å². The van der Waals surface area contributed by atoms with Crippen LogP contribution in [0.2, 0.25) is 0 Å². The fourth-order valence-corrected chi connectivity index (χ4v) is 11.0. The van der Waals surface area contributed by atoms with Crippen LogP contribution in [0, 0.1) is 17.3 Å². The maximum atomic E-state index is 14.7. The second-order valence-corrected chi connectivity index (χ2v) is 20.8.